The van der Waals surface area contributed by atoms with Crippen LogP contribution in [-0.2, 0) is 11.3 Å². The van der Waals surface area contributed by atoms with Gasteiger partial charge in [0.25, 0.3) is 0 Å². The molecule has 0 bridgehead atoms. The molecule has 6 heteroatoms. The van der Waals surface area contributed by atoms with Crippen LogP contribution >= 0.6 is 0 Å². The molecule has 1 fully saturated rings. The number of benzene rings is 1. The standard InChI is InChI=1S/C28H32F3NO2/c1-4-5-7-20(2)16-24(27-9-6-8-26(32-27)23-12-13-23)17-21(3)18-33-19-22-10-14-25(15-11-22)34-28(29,30)31/h6,8-11,14-17,23H,3-5,7,12-13,18-19H2,1-2H3/b20-16-,24-17+. The predicted molar refractivity (Wildman–Crippen MR) is 129 cm³/mol. The number of alkyl halides is 3. The lowest BCUT2D eigenvalue weighted by molar-refractivity contribution is -0.274. The molecule has 0 N–H and O–H groups in total. The van der Waals surface area contributed by atoms with Crippen molar-refractivity contribution in [1.29, 1.82) is 0 Å². The van der Waals surface area contributed by atoms with E-state index in [9.17, 15) is 13.2 Å². The molecule has 1 heterocycles. The molecule has 1 aliphatic carbocycles. The largest absolute Gasteiger partial charge is 0.573 e. The molecule has 3 nitrogen and oxygen atoms in total. The first kappa shape index (κ1) is 25.8. The Hall–Kier alpha value is -2.86. The van der Waals surface area contributed by atoms with Gasteiger partial charge in [-0.05, 0) is 74.1 Å². The Morgan fingerprint density at radius 3 is 2.50 bits per heavy atom. The van der Waals surface area contributed by atoms with Crippen LogP contribution in [0, 0.1) is 0 Å². The average Bonchev–Trinajstić information content (AvgIpc) is 3.63. The van der Waals surface area contributed by atoms with Gasteiger partial charge >= 0.3 is 6.36 Å². The minimum atomic E-state index is -4.70. The molecule has 0 saturated heterocycles. The van der Waals surface area contributed by atoms with E-state index >= 15 is 0 Å². The fraction of sp³-hybridized carbons (Fsp3) is 0.393. The number of pyridine rings is 1. The molecule has 2 aromatic rings. The van der Waals surface area contributed by atoms with E-state index in [0.717, 1.165) is 47.4 Å². The van der Waals surface area contributed by atoms with Crippen LogP contribution in [0.4, 0.5) is 13.2 Å². The molecule has 3 rings (SSSR count). The average molecular weight is 472 g/mol. The summed E-state index contributed by atoms with van der Waals surface area (Å²) in [6.07, 6.45) is 5.21. The maximum atomic E-state index is 12.3. The third kappa shape index (κ3) is 8.82. The molecule has 0 amide bonds. The molecule has 0 spiro atoms. The van der Waals surface area contributed by atoms with Gasteiger partial charge in [0.1, 0.15) is 5.75 Å². The number of allylic oxidation sites excluding steroid dienone is 3. The summed E-state index contributed by atoms with van der Waals surface area (Å²) < 4.78 is 46.5. The molecule has 1 aromatic heterocycles. The smallest absolute Gasteiger partial charge is 0.406 e. The molecule has 0 atom stereocenters. The van der Waals surface area contributed by atoms with Gasteiger partial charge in [0.15, 0.2) is 0 Å². The molecule has 0 unspecified atom stereocenters. The number of unbranched alkanes of at least 4 members (excludes halogenated alkanes) is 1. The van der Waals surface area contributed by atoms with Gasteiger partial charge in [0, 0.05) is 17.2 Å². The van der Waals surface area contributed by atoms with Crippen molar-refractivity contribution in [1.82, 2.24) is 4.98 Å². The van der Waals surface area contributed by atoms with Crippen LogP contribution in [0.3, 0.4) is 0 Å². The van der Waals surface area contributed by atoms with E-state index in [1.165, 1.54) is 30.5 Å². The SMILES string of the molecule is C=C(/C=C(\C=C(\C)CCCC)c1cccc(C2CC2)n1)COCc1ccc(OC(F)(F)F)cc1. The number of hydrogen-bond acceptors (Lipinski definition) is 3. The second-order valence-electron chi connectivity index (χ2n) is 8.76. The van der Waals surface area contributed by atoms with Crippen LogP contribution in [0.5, 0.6) is 5.75 Å². The molecular formula is C28H32F3NO2. The Bertz CT molecular complexity index is 1020. The highest BCUT2D eigenvalue weighted by molar-refractivity contribution is 5.74. The van der Waals surface area contributed by atoms with Gasteiger partial charge in [0.2, 0.25) is 0 Å². The normalized spacial score (nSPS) is 14.9. The van der Waals surface area contributed by atoms with Crippen molar-refractivity contribution >= 4 is 5.57 Å². The number of halogens is 3. The number of nitrogens with zero attached hydrogens (tertiary/aromatic N) is 1. The third-order valence-electron chi connectivity index (χ3n) is 5.46. The lowest BCUT2D eigenvalue weighted by Crippen LogP contribution is -2.17. The quantitative estimate of drug-likeness (QED) is 0.293. The maximum absolute atomic E-state index is 12.3. The van der Waals surface area contributed by atoms with Crippen molar-refractivity contribution in [3.63, 3.8) is 0 Å². The minimum Gasteiger partial charge on any atom is -0.406 e. The Kier molecular flexibility index (Phi) is 9.11. The van der Waals surface area contributed by atoms with E-state index in [2.05, 4.69) is 43.4 Å². The van der Waals surface area contributed by atoms with Crippen LogP contribution in [0.25, 0.3) is 5.57 Å². The van der Waals surface area contributed by atoms with Gasteiger partial charge in [-0.2, -0.15) is 0 Å². The second kappa shape index (κ2) is 12.0. The molecule has 0 radical (unpaired) electrons. The summed E-state index contributed by atoms with van der Waals surface area (Å²) in [6.45, 7) is 9.02. The Balaban J connectivity index is 1.64. The molecule has 182 valence electrons. The summed E-state index contributed by atoms with van der Waals surface area (Å²) in [5.74, 6) is 0.324. The zero-order valence-corrected chi connectivity index (χ0v) is 19.8. The molecule has 1 aromatic carbocycles. The van der Waals surface area contributed by atoms with E-state index in [0.29, 0.717) is 12.5 Å². The first-order valence-corrected chi connectivity index (χ1v) is 11.7. The molecule has 1 saturated carbocycles. The molecular weight excluding hydrogens is 439 g/mol. The zero-order valence-electron chi connectivity index (χ0n) is 19.8. The van der Waals surface area contributed by atoms with E-state index in [1.54, 1.807) is 12.1 Å². The summed E-state index contributed by atoms with van der Waals surface area (Å²) in [6, 6.07) is 11.8. The Morgan fingerprint density at radius 1 is 1.12 bits per heavy atom. The number of ether oxygens (including phenoxy) is 2. The number of hydrogen-bond donors (Lipinski definition) is 0. The Labute approximate surface area is 200 Å². The van der Waals surface area contributed by atoms with Crippen molar-refractivity contribution in [2.24, 2.45) is 0 Å². The first-order chi connectivity index (χ1) is 16.2. The van der Waals surface area contributed by atoms with Crippen molar-refractivity contribution in [3.05, 3.63) is 89.3 Å². The second-order valence-corrected chi connectivity index (χ2v) is 8.76. The highest BCUT2D eigenvalue weighted by Gasteiger charge is 2.31. The summed E-state index contributed by atoms with van der Waals surface area (Å²) in [5.41, 5.74) is 5.93. The van der Waals surface area contributed by atoms with E-state index in [1.807, 2.05) is 12.1 Å². The maximum Gasteiger partial charge on any atom is 0.573 e. The minimum absolute atomic E-state index is 0.251. The number of aromatic nitrogens is 1. The Morgan fingerprint density at radius 2 is 1.85 bits per heavy atom. The fourth-order valence-corrected chi connectivity index (χ4v) is 3.55. The van der Waals surface area contributed by atoms with Gasteiger partial charge in [-0.15, -0.1) is 13.2 Å². The highest BCUT2D eigenvalue weighted by atomic mass is 19.4. The van der Waals surface area contributed by atoms with Gasteiger partial charge in [-0.1, -0.05) is 49.8 Å². The first-order valence-electron chi connectivity index (χ1n) is 11.7. The molecule has 0 aliphatic heterocycles. The van der Waals surface area contributed by atoms with Gasteiger partial charge < -0.3 is 9.47 Å². The van der Waals surface area contributed by atoms with Crippen molar-refractivity contribution in [2.75, 3.05) is 6.61 Å². The van der Waals surface area contributed by atoms with Crippen molar-refractivity contribution < 1.29 is 22.6 Å². The number of rotatable bonds is 12. The topological polar surface area (TPSA) is 31.4 Å². The van der Waals surface area contributed by atoms with Gasteiger partial charge in [-0.3, -0.25) is 4.98 Å². The summed E-state index contributed by atoms with van der Waals surface area (Å²) in [7, 11) is 0. The van der Waals surface area contributed by atoms with Gasteiger partial charge in [0.05, 0.1) is 18.9 Å². The predicted octanol–water partition coefficient (Wildman–Crippen LogP) is 8.15. The highest BCUT2D eigenvalue weighted by Crippen LogP contribution is 2.39. The van der Waals surface area contributed by atoms with Gasteiger partial charge in [-0.25, -0.2) is 0 Å². The van der Waals surface area contributed by atoms with Crippen LogP contribution < -0.4 is 4.74 Å². The molecule has 34 heavy (non-hydrogen) atoms. The lowest BCUT2D eigenvalue weighted by atomic mass is 10.0. The van der Waals surface area contributed by atoms with Crippen LogP contribution in [0.15, 0.2) is 72.3 Å². The lowest BCUT2D eigenvalue weighted by Gasteiger charge is -2.11. The summed E-state index contributed by atoms with van der Waals surface area (Å²) in [4.78, 5) is 4.90. The van der Waals surface area contributed by atoms with E-state index in [-0.39, 0.29) is 12.4 Å². The van der Waals surface area contributed by atoms with Crippen molar-refractivity contribution in [2.45, 2.75) is 64.8 Å². The van der Waals surface area contributed by atoms with E-state index in [4.69, 9.17) is 9.72 Å². The van der Waals surface area contributed by atoms with Crippen LogP contribution in [-0.4, -0.2) is 18.0 Å². The summed E-state index contributed by atoms with van der Waals surface area (Å²) >= 11 is 0. The summed E-state index contributed by atoms with van der Waals surface area (Å²) in [5, 5.41) is 0. The monoisotopic (exact) mass is 471 g/mol. The van der Waals surface area contributed by atoms with Crippen LogP contribution in [0.1, 0.15) is 68.8 Å². The fourth-order valence-electron chi connectivity index (χ4n) is 3.55. The van der Waals surface area contributed by atoms with E-state index < -0.39 is 6.36 Å². The zero-order chi connectivity index (χ0) is 24.6. The van der Waals surface area contributed by atoms with Crippen molar-refractivity contribution in [3.8, 4) is 5.75 Å². The third-order valence-corrected chi connectivity index (χ3v) is 5.46. The molecule has 1 aliphatic rings. The van der Waals surface area contributed by atoms with Crippen LogP contribution in [0.2, 0.25) is 0 Å².